The molecular formula is C16H16Br2O. The first-order valence-corrected chi connectivity index (χ1v) is 8.04. The molecule has 0 aliphatic heterocycles. The lowest BCUT2D eigenvalue weighted by Gasteiger charge is -2.12. The van der Waals surface area contributed by atoms with E-state index in [4.69, 9.17) is 0 Å². The Balaban J connectivity index is 2.22. The lowest BCUT2D eigenvalue weighted by molar-refractivity contribution is -0.121. The number of hydrogen-bond acceptors (Lipinski definition) is 1. The van der Waals surface area contributed by atoms with Gasteiger partial charge in [0.05, 0.1) is 4.83 Å². The van der Waals surface area contributed by atoms with Gasteiger partial charge in [-0.3, -0.25) is 4.79 Å². The molecule has 0 radical (unpaired) electrons. The zero-order chi connectivity index (χ0) is 14.0. The van der Waals surface area contributed by atoms with Crippen LogP contribution in [0.2, 0.25) is 0 Å². The molecule has 100 valence electrons. The fraction of sp³-hybridized carbons (Fsp3) is 0.312. The predicted octanol–water partition coefficient (Wildman–Crippen LogP) is 5.13. The van der Waals surface area contributed by atoms with E-state index in [0.29, 0.717) is 0 Å². The summed E-state index contributed by atoms with van der Waals surface area (Å²) in [5.74, 6) is 0.330. The summed E-state index contributed by atoms with van der Waals surface area (Å²) in [6.45, 7) is 3.88. The van der Waals surface area contributed by atoms with Crippen molar-refractivity contribution in [3.63, 3.8) is 0 Å². The number of Topliss-reactive ketones (excluding diaryl/α,β-unsaturated/α-hetero) is 1. The number of halogens is 2. The number of alkyl halides is 1. The third-order valence-electron chi connectivity index (χ3n) is 3.16. The van der Waals surface area contributed by atoms with E-state index in [1.807, 2.05) is 19.9 Å². The second kappa shape index (κ2) is 6.19. The number of hydrogen-bond donors (Lipinski definition) is 0. The molecule has 19 heavy (non-hydrogen) atoms. The summed E-state index contributed by atoms with van der Waals surface area (Å²) in [5.41, 5.74) is 1.19. The minimum atomic E-state index is -0.0969. The Morgan fingerprint density at radius 3 is 2.42 bits per heavy atom. The molecule has 0 N–H and O–H groups in total. The number of rotatable bonds is 4. The minimum Gasteiger partial charge on any atom is -0.298 e. The van der Waals surface area contributed by atoms with E-state index in [2.05, 4.69) is 62.2 Å². The van der Waals surface area contributed by atoms with Gasteiger partial charge in [-0.05, 0) is 34.9 Å². The van der Waals surface area contributed by atoms with Crippen molar-refractivity contribution in [1.29, 1.82) is 0 Å². The van der Waals surface area contributed by atoms with E-state index in [1.165, 1.54) is 16.3 Å². The molecule has 0 bridgehead atoms. The quantitative estimate of drug-likeness (QED) is 0.668. The van der Waals surface area contributed by atoms with Crippen molar-refractivity contribution < 1.29 is 4.79 Å². The van der Waals surface area contributed by atoms with Crippen molar-refractivity contribution >= 4 is 48.4 Å². The van der Waals surface area contributed by atoms with Crippen LogP contribution in [0.25, 0.3) is 10.8 Å². The normalized spacial score (nSPS) is 12.9. The van der Waals surface area contributed by atoms with Crippen molar-refractivity contribution in [2.24, 2.45) is 5.92 Å². The Labute approximate surface area is 130 Å². The van der Waals surface area contributed by atoms with E-state index in [9.17, 15) is 4.79 Å². The second-order valence-electron chi connectivity index (χ2n) is 5.05. The van der Waals surface area contributed by atoms with Gasteiger partial charge in [0.25, 0.3) is 0 Å². The molecule has 1 atom stereocenters. The fourth-order valence-electron chi connectivity index (χ4n) is 2.06. The Hall–Kier alpha value is -0.670. The lowest BCUT2D eigenvalue weighted by Crippen LogP contribution is -2.21. The Bertz CT molecular complexity index is 605. The number of benzene rings is 2. The third kappa shape index (κ3) is 3.67. The van der Waals surface area contributed by atoms with E-state index < -0.39 is 0 Å². The summed E-state index contributed by atoms with van der Waals surface area (Å²) in [6, 6.07) is 12.6. The highest BCUT2D eigenvalue weighted by Gasteiger charge is 2.18. The first kappa shape index (κ1) is 14.7. The first-order chi connectivity index (χ1) is 8.97. The molecule has 2 rings (SSSR count). The zero-order valence-corrected chi connectivity index (χ0v) is 14.2. The topological polar surface area (TPSA) is 17.1 Å². The van der Waals surface area contributed by atoms with Crippen LogP contribution >= 0.6 is 31.9 Å². The Morgan fingerprint density at radius 1 is 1.11 bits per heavy atom. The summed E-state index contributed by atoms with van der Waals surface area (Å²) in [6.07, 6.45) is 0.739. The number of ketones is 1. The van der Waals surface area contributed by atoms with Crippen molar-refractivity contribution in [3.8, 4) is 0 Å². The molecule has 0 saturated heterocycles. The van der Waals surface area contributed by atoms with Crippen LogP contribution in [0, 0.1) is 5.92 Å². The third-order valence-corrected chi connectivity index (χ3v) is 4.43. The highest BCUT2D eigenvalue weighted by atomic mass is 79.9. The van der Waals surface area contributed by atoms with Crippen molar-refractivity contribution in [3.05, 3.63) is 46.4 Å². The van der Waals surface area contributed by atoms with Crippen LogP contribution in [0.4, 0.5) is 0 Å². The molecule has 3 heteroatoms. The summed E-state index contributed by atoms with van der Waals surface area (Å²) < 4.78 is 1.08. The van der Waals surface area contributed by atoms with Crippen LogP contribution in [0.15, 0.2) is 40.9 Å². The monoisotopic (exact) mass is 382 g/mol. The summed E-state index contributed by atoms with van der Waals surface area (Å²) in [4.78, 5) is 11.8. The van der Waals surface area contributed by atoms with E-state index >= 15 is 0 Å². The van der Waals surface area contributed by atoms with Gasteiger partial charge in [0.15, 0.2) is 0 Å². The molecule has 0 heterocycles. The van der Waals surface area contributed by atoms with E-state index in [-0.39, 0.29) is 16.5 Å². The van der Waals surface area contributed by atoms with Crippen LogP contribution < -0.4 is 0 Å². The molecular weight excluding hydrogens is 368 g/mol. The predicted molar refractivity (Wildman–Crippen MR) is 87.9 cm³/mol. The smallest absolute Gasteiger partial charge is 0.149 e. The molecule has 0 spiro atoms. The van der Waals surface area contributed by atoms with Gasteiger partial charge < -0.3 is 0 Å². The minimum absolute atomic E-state index is 0.0702. The van der Waals surface area contributed by atoms with Crippen molar-refractivity contribution in [1.82, 2.24) is 0 Å². The second-order valence-corrected chi connectivity index (χ2v) is 7.08. The lowest BCUT2D eigenvalue weighted by atomic mass is 9.99. The van der Waals surface area contributed by atoms with Crippen molar-refractivity contribution in [2.45, 2.75) is 25.1 Å². The first-order valence-electron chi connectivity index (χ1n) is 6.33. The van der Waals surface area contributed by atoms with Crippen LogP contribution in [-0.2, 0) is 11.2 Å². The van der Waals surface area contributed by atoms with E-state index in [1.54, 1.807) is 0 Å². The Kier molecular flexibility index (Phi) is 4.80. The van der Waals surface area contributed by atoms with Gasteiger partial charge in [0, 0.05) is 10.4 Å². The molecule has 0 aromatic heterocycles. The maximum atomic E-state index is 11.9. The van der Waals surface area contributed by atoms with Gasteiger partial charge in [-0.2, -0.15) is 0 Å². The number of carbonyl (C=O) groups is 1. The molecule has 0 amide bonds. The maximum absolute atomic E-state index is 11.9. The molecule has 2 aromatic carbocycles. The molecule has 0 fully saturated rings. The van der Waals surface area contributed by atoms with Crippen LogP contribution in [0.1, 0.15) is 19.4 Å². The van der Waals surface area contributed by atoms with Gasteiger partial charge in [0.1, 0.15) is 5.78 Å². The zero-order valence-electron chi connectivity index (χ0n) is 11.0. The number of carbonyl (C=O) groups excluding carboxylic acids is 1. The highest BCUT2D eigenvalue weighted by molar-refractivity contribution is 9.10. The molecule has 0 aliphatic carbocycles. The molecule has 0 aliphatic rings. The molecule has 1 nitrogen and oxygen atoms in total. The van der Waals surface area contributed by atoms with Gasteiger partial charge in [0.2, 0.25) is 0 Å². The van der Waals surface area contributed by atoms with Gasteiger partial charge in [-0.1, -0.05) is 70.0 Å². The van der Waals surface area contributed by atoms with E-state index in [0.717, 1.165) is 10.9 Å². The van der Waals surface area contributed by atoms with Gasteiger partial charge in [-0.15, -0.1) is 0 Å². The fourth-order valence-corrected chi connectivity index (χ4v) is 3.34. The van der Waals surface area contributed by atoms with Gasteiger partial charge >= 0.3 is 0 Å². The average molecular weight is 384 g/mol. The van der Waals surface area contributed by atoms with Crippen LogP contribution in [-0.4, -0.2) is 10.6 Å². The standard InChI is InChI=1S/C16H16Br2O/c1-10(2)16(19)15(18)8-11-3-4-13-9-14(17)6-5-12(13)7-11/h3-7,9-10,15H,8H2,1-2H3. The summed E-state index contributed by atoms with van der Waals surface area (Å²) in [5, 5.41) is 2.41. The number of fused-ring (bicyclic) bond motifs is 1. The van der Waals surface area contributed by atoms with Crippen molar-refractivity contribution in [2.75, 3.05) is 0 Å². The summed E-state index contributed by atoms with van der Waals surface area (Å²) >= 11 is 6.97. The highest BCUT2D eigenvalue weighted by Crippen LogP contribution is 2.23. The molecule has 1 unspecified atom stereocenters. The maximum Gasteiger partial charge on any atom is 0.149 e. The SMILES string of the molecule is CC(C)C(=O)C(Br)Cc1ccc2cc(Br)ccc2c1. The van der Waals surface area contributed by atoms with Crippen LogP contribution in [0.3, 0.4) is 0 Å². The van der Waals surface area contributed by atoms with Gasteiger partial charge in [-0.25, -0.2) is 0 Å². The molecule has 0 saturated carbocycles. The largest absolute Gasteiger partial charge is 0.298 e. The van der Waals surface area contributed by atoms with Crippen LogP contribution in [0.5, 0.6) is 0 Å². The summed E-state index contributed by atoms with van der Waals surface area (Å²) in [7, 11) is 0. The Morgan fingerprint density at radius 2 is 1.74 bits per heavy atom. The average Bonchev–Trinajstić information content (AvgIpc) is 2.37. The molecule has 2 aromatic rings.